The highest BCUT2D eigenvalue weighted by Crippen LogP contribution is 2.47. The highest BCUT2D eigenvalue weighted by molar-refractivity contribution is 7.18. The third kappa shape index (κ3) is 5.81. The Hall–Kier alpha value is -4.52. The lowest BCUT2D eigenvalue weighted by atomic mass is 9.95. The van der Waals surface area contributed by atoms with Crippen molar-refractivity contribution in [2.45, 2.75) is 58.4 Å². The number of ether oxygens (including phenoxy) is 2. The van der Waals surface area contributed by atoms with Crippen molar-refractivity contribution in [1.82, 2.24) is 29.5 Å². The first-order valence-electron chi connectivity index (χ1n) is 16.3. The number of benzene rings is 1. The van der Waals surface area contributed by atoms with Crippen molar-refractivity contribution in [1.29, 1.82) is 0 Å². The van der Waals surface area contributed by atoms with E-state index in [2.05, 4.69) is 31.5 Å². The van der Waals surface area contributed by atoms with Crippen LogP contribution in [0.4, 0.5) is 8.78 Å². The summed E-state index contributed by atoms with van der Waals surface area (Å²) in [5, 5.41) is 7.76. The zero-order valence-corrected chi connectivity index (χ0v) is 29.0. The van der Waals surface area contributed by atoms with Gasteiger partial charge in [-0.3, -0.25) is 19.4 Å². The van der Waals surface area contributed by atoms with Crippen LogP contribution in [0.15, 0.2) is 54.6 Å². The average molecular weight is 685 g/mol. The van der Waals surface area contributed by atoms with E-state index in [0.717, 1.165) is 51.6 Å². The summed E-state index contributed by atoms with van der Waals surface area (Å²) in [5.41, 5.74) is 6.00. The Bertz CT molecular complexity index is 2090. The van der Waals surface area contributed by atoms with Gasteiger partial charge in [-0.25, -0.2) is 13.8 Å². The van der Waals surface area contributed by atoms with Gasteiger partial charge in [-0.15, -0.1) is 11.3 Å². The molecule has 3 unspecified atom stereocenters. The van der Waals surface area contributed by atoms with E-state index >= 15 is 4.39 Å². The van der Waals surface area contributed by atoms with E-state index in [9.17, 15) is 9.18 Å². The van der Waals surface area contributed by atoms with Gasteiger partial charge in [-0.2, -0.15) is 5.10 Å². The Morgan fingerprint density at radius 3 is 2.69 bits per heavy atom. The molecule has 0 saturated heterocycles. The van der Waals surface area contributed by atoms with E-state index in [0.29, 0.717) is 35.2 Å². The second-order valence-electron chi connectivity index (χ2n) is 12.9. The molecule has 7 rings (SSSR count). The van der Waals surface area contributed by atoms with E-state index in [1.54, 1.807) is 4.90 Å². The summed E-state index contributed by atoms with van der Waals surface area (Å²) in [7, 11) is 3.64. The van der Waals surface area contributed by atoms with Crippen molar-refractivity contribution in [3.05, 3.63) is 83.1 Å². The number of amides is 1. The van der Waals surface area contributed by atoms with Gasteiger partial charge in [-0.1, -0.05) is 6.58 Å². The molecule has 9 nitrogen and oxygen atoms in total. The minimum Gasteiger partial charge on any atom is -0.490 e. The third-order valence-corrected chi connectivity index (χ3v) is 10.6. The molecule has 12 heteroatoms. The largest absolute Gasteiger partial charge is 0.490 e. The van der Waals surface area contributed by atoms with Gasteiger partial charge in [0.15, 0.2) is 0 Å². The molecular formula is C37H38F2N6O3S. The van der Waals surface area contributed by atoms with Crippen LogP contribution in [0, 0.1) is 11.6 Å². The first-order valence-corrected chi connectivity index (χ1v) is 17.2. The minimum absolute atomic E-state index is 0.0429. The number of likely N-dealkylation sites (N-methyl/N-ethyl adjacent to an activating group) is 1. The van der Waals surface area contributed by atoms with Crippen molar-refractivity contribution < 1.29 is 23.0 Å². The highest BCUT2D eigenvalue weighted by atomic mass is 32.1. The topological polar surface area (TPSA) is 85.6 Å². The number of nitrogens with zero attached hydrogens (tertiary/aromatic N) is 6. The molecule has 0 radical (unpaired) electrons. The van der Waals surface area contributed by atoms with Crippen LogP contribution in [-0.4, -0.2) is 74.9 Å². The molecule has 2 aliphatic rings. The molecule has 0 spiro atoms. The fourth-order valence-corrected chi connectivity index (χ4v) is 8.01. The lowest BCUT2D eigenvalue weighted by Crippen LogP contribution is -2.46. The Kier molecular flexibility index (Phi) is 8.80. The molecule has 3 atom stereocenters. The number of hydrogen-bond acceptors (Lipinski definition) is 8. The number of thiophene rings is 1. The standard InChI is InChI=1S/C37H38F2N6O3S/c1-7-32(46)45-21(3)18-44-30(22(45)4)16-29(42-44)36-34(33-27(39)14-25(38)15-31(33)48-10-9-47-6)37-26(8-11-49-37)35(41-36)23-13-24-19-43(5)20(2)12-28(24)40-17-23/h7-8,11,13-17,20-22H,1,9-10,12,18-19H2,2-6H3. The maximum absolute atomic E-state index is 16.2. The summed E-state index contributed by atoms with van der Waals surface area (Å²) in [4.78, 5) is 27.1. The van der Waals surface area contributed by atoms with Gasteiger partial charge in [0.2, 0.25) is 5.91 Å². The molecule has 4 aromatic heterocycles. The van der Waals surface area contributed by atoms with Crippen LogP contribution in [-0.2, 0) is 29.0 Å². The Morgan fingerprint density at radius 2 is 1.92 bits per heavy atom. The molecule has 0 fully saturated rings. The number of pyridine rings is 2. The molecule has 0 aliphatic carbocycles. The Morgan fingerprint density at radius 1 is 1.10 bits per heavy atom. The van der Waals surface area contributed by atoms with Crippen LogP contribution in [0.25, 0.3) is 43.9 Å². The number of hydrogen-bond donors (Lipinski definition) is 0. The summed E-state index contributed by atoms with van der Waals surface area (Å²) >= 11 is 1.44. The number of carbonyl (C=O) groups is 1. The van der Waals surface area contributed by atoms with E-state index in [1.807, 2.05) is 42.2 Å². The minimum atomic E-state index is -0.778. The monoisotopic (exact) mass is 684 g/mol. The normalized spacial score (nSPS) is 19.2. The van der Waals surface area contributed by atoms with Gasteiger partial charge in [0.05, 0.1) is 36.1 Å². The number of methoxy groups -OCH3 is 1. The van der Waals surface area contributed by atoms with Crippen molar-refractivity contribution >= 4 is 27.3 Å². The number of fused-ring (bicyclic) bond motifs is 3. The van der Waals surface area contributed by atoms with Crippen LogP contribution in [0.5, 0.6) is 5.75 Å². The van der Waals surface area contributed by atoms with Crippen LogP contribution in [0.3, 0.4) is 0 Å². The molecule has 0 saturated carbocycles. The third-order valence-electron chi connectivity index (χ3n) is 9.66. The van der Waals surface area contributed by atoms with Crippen LogP contribution in [0.2, 0.25) is 0 Å². The molecular weight excluding hydrogens is 647 g/mol. The molecule has 1 amide bonds. The van der Waals surface area contributed by atoms with Crippen molar-refractivity contribution in [2.75, 3.05) is 27.4 Å². The van der Waals surface area contributed by atoms with Crippen LogP contribution in [0.1, 0.15) is 43.8 Å². The lowest BCUT2D eigenvalue weighted by Gasteiger charge is -2.38. The molecule has 49 heavy (non-hydrogen) atoms. The maximum atomic E-state index is 16.2. The summed E-state index contributed by atoms with van der Waals surface area (Å²) < 4.78 is 44.6. The van der Waals surface area contributed by atoms with E-state index in [4.69, 9.17) is 24.5 Å². The SMILES string of the molecule is C=CC(=O)N1C(C)Cn2nc(-c3nc(-c4cnc5c(c4)CN(C)C(C)C5)c4ccsc4c3-c3c(F)cc(F)cc3OCCOC)cc2C1C. The number of rotatable bonds is 8. The van der Waals surface area contributed by atoms with E-state index < -0.39 is 11.6 Å². The van der Waals surface area contributed by atoms with Gasteiger partial charge < -0.3 is 14.4 Å². The summed E-state index contributed by atoms with van der Waals surface area (Å²) in [5.74, 6) is -1.66. The Balaban J connectivity index is 1.48. The van der Waals surface area contributed by atoms with Crippen molar-refractivity contribution in [3.8, 4) is 39.5 Å². The predicted octanol–water partition coefficient (Wildman–Crippen LogP) is 7.05. The fourth-order valence-electron chi connectivity index (χ4n) is 7.06. The highest BCUT2D eigenvalue weighted by Gasteiger charge is 2.35. The van der Waals surface area contributed by atoms with Gasteiger partial charge in [0, 0.05) is 77.4 Å². The zero-order valence-electron chi connectivity index (χ0n) is 28.2. The lowest BCUT2D eigenvalue weighted by molar-refractivity contribution is -0.131. The maximum Gasteiger partial charge on any atom is 0.246 e. The van der Waals surface area contributed by atoms with Gasteiger partial charge >= 0.3 is 0 Å². The Labute approximate surface area is 287 Å². The number of carbonyl (C=O) groups excluding carboxylic acids is 1. The first-order chi connectivity index (χ1) is 23.6. The fraction of sp³-hybridized carbons (Fsp3) is 0.351. The van der Waals surface area contributed by atoms with Gasteiger partial charge in [0.25, 0.3) is 0 Å². The van der Waals surface area contributed by atoms with Crippen molar-refractivity contribution in [2.24, 2.45) is 0 Å². The molecule has 0 bridgehead atoms. The molecule has 0 N–H and O–H groups in total. The quantitative estimate of drug-likeness (QED) is 0.128. The molecule has 1 aromatic carbocycles. The van der Waals surface area contributed by atoms with E-state index in [-0.39, 0.29) is 42.5 Å². The van der Waals surface area contributed by atoms with Gasteiger partial charge in [0.1, 0.15) is 35.4 Å². The molecule has 6 heterocycles. The molecule has 5 aromatic rings. The zero-order chi connectivity index (χ0) is 34.6. The van der Waals surface area contributed by atoms with Crippen LogP contribution >= 0.6 is 11.3 Å². The molecule has 254 valence electrons. The van der Waals surface area contributed by atoms with E-state index in [1.165, 1.54) is 30.6 Å². The first kappa shape index (κ1) is 33.0. The summed E-state index contributed by atoms with van der Waals surface area (Å²) in [6, 6.07) is 8.02. The summed E-state index contributed by atoms with van der Waals surface area (Å²) in [6.07, 6.45) is 4.04. The summed E-state index contributed by atoms with van der Waals surface area (Å²) in [6.45, 7) is 11.4. The number of halogens is 2. The van der Waals surface area contributed by atoms with Crippen LogP contribution < -0.4 is 4.74 Å². The second kappa shape index (κ2) is 13.1. The smallest absolute Gasteiger partial charge is 0.246 e. The van der Waals surface area contributed by atoms with Crippen molar-refractivity contribution in [3.63, 3.8) is 0 Å². The average Bonchev–Trinajstić information content (AvgIpc) is 3.73. The predicted molar refractivity (Wildman–Crippen MR) is 186 cm³/mol. The second-order valence-corrected chi connectivity index (χ2v) is 13.8. The molecule has 2 aliphatic heterocycles. The van der Waals surface area contributed by atoms with Gasteiger partial charge in [-0.05, 0) is 63.0 Å². The number of aromatic nitrogens is 4.